The van der Waals surface area contributed by atoms with Crippen LogP contribution in [-0.4, -0.2) is 23.3 Å². The molecule has 0 unspecified atom stereocenters. The van der Waals surface area contributed by atoms with Crippen LogP contribution in [0.1, 0.15) is 12.6 Å². The lowest BCUT2D eigenvalue weighted by Crippen LogP contribution is -2.06. The zero-order chi connectivity index (χ0) is 13.5. The Bertz CT molecular complexity index is 524. The number of rotatable bonds is 6. The van der Waals surface area contributed by atoms with E-state index in [9.17, 15) is 4.79 Å². The SMILES string of the molecule is CCOC(=O)CSCc1coc(-c2ccccc2)n1. The molecule has 4 nitrogen and oxygen atoms in total. The van der Waals surface area contributed by atoms with Gasteiger partial charge in [0.1, 0.15) is 6.26 Å². The van der Waals surface area contributed by atoms with Gasteiger partial charge in [-0.15, -0.1) is 11.8 Å². The smallest absolute Gasteiger partial charge is 0.315 e. The van der Waals surface area contributed by atoms with Gasteiger partial charge in [0.2, 0.25) is 5.89 Å². The molecule has 1 aromatic heterocycles. The number of oxazole rings is 1. The van der Waals surface area contributed by atoms with Gasteiger partial charge >= 0.3 is 5.97 Å². The van der Waals surface area contributed by atoms with E-state index in [-0.39, 0.29) is 5.97 Å². The predicted molar refractivity (Wildman–Crippen MR) is 74.7 cm³/mol. The van der Waals surface area contributed by atoms with E-state index in [4.69, 9.17) is 9.15 Å². The molecule has 5 heteroatoms. The van der Waals surface area contributed by atoms with Gasteiger partial charge in [-0.25, -0.2) is 4.98 Å². The van der Waals surface area contributed by atoms with Gasteiger partial charge in [0.15, 0.2) is 0 Å². The van der Waals surface area contributed by atoms with E-state index < -0.39 is 0 Å². The number of aromatic nitrogens is 1. The van der Waals surface area contributed by atoms with Crippen LogP contribution < -0.4 is 0 Å². The Morgan fingerprint density at radius 3 is 2.89 bits per heavy atom. The number of hydrogen-bond acceptors (Lipinski definition) is 5. The van der Waals surface area contributed by atoms with Gasteiger partial charge in [0, 0.05) is 11.3 Å². The first-order valence-electron chi connectivity index (χ1n) is 6.02. The number of carbonyl (C=O) groups is 1. The zero-order valence-corrected chi connectivity index (χ0v) is 11.5. The van der Waals surface area contributed by atoms with E-state index in [2.05, 4.69) is 4.98 Å². The summed E-state index contributed by atoms with van der Waals surface area (Å²) >= 11 is 1.47. The molecule has 19 heavy (non-hydrogen) atoms. The van der Waals surface area contributed by atoms with Crippen molar-refractivity contribution < 1.29 is 13.9 Å². The Balaban J connectivity index is 1.86. The van der Waals surface area contributed by atoms with Crippen LogP contribution in [0.25, 0.3) is 11.5 Å². The summed E-state index contributed by atoms with van der Waals surface area (Å²) in [6.45, 7) is 2.22. The van der Waals surface area contributed by atoms with Crippen molar-refractivity contribution in [3.05, 3.63) is 42.3 Å². The minimum Gasteiger partial charge on any atom is -0.465 e. The molecule has 0 atom stereocenters. The summed E-state index contributed by atoms with van der Waals surface area (Å²) in [5.41, 5.74) is 1.78. The quantitative estimate of drug-likeness (QED) is 0.759. The van der Waals surface area contributed by atoms with Crippen LogP contribution in [0, 0.1) is 0 Å². The van der Waals surface area contributed by atoms with E-state index in [0.29, 0.717) is 24.0 Å². The highest BCUT2D eigenvalue weighted by molar-refractivity contribution is 7.99. The summed E-state index contributed by atoms with van der Waals surface area (Å²) in [6.07, 6.45) is 1.63. The summed E-state index contributed by atoms with van der Waals surface area (Å²) in [5, 5.41) is 0. The molecule has 2 aromatic rings. The molecule has 1 heterocycles. The molecule has 0 spiro atoms. The average Bonchev–Trinajstić information content (AvgIpc) is 2.89. The van der Waals surface area contributed by atoms with Gasteiger partial charge in [-0.1, -0.05) is 18.2 Å². The lowest BCUT2D eigenvalue weighted by atomic mass is 10.2. The van der Waals surface area contributed by atoms with Gasteiger partial charge in [0.25, 0.3) is 0 Å². The number of hydrogen-bond donors (Lipinski definition) is 0. The predicted octanol–water partition coefficient (Wildman–Crippen LogP) is 3.14. The molecule has 0 fully saturated rings. The first kappa shape index (κ1) is 13.7. The molecule has 0 saturated carbocycles. The molecule has 0 amide bonds. The van der Waals surface area contributed by atoms with Crippen molar-refractivity contribution in [2.45, 2.75) is 12.7 Å². The first-order valence-corrected chi connectivity index (χ1v) is 7.18. The monoisotopic (exact) mass is 277 g/mol. The normalized spacial score (nSPS) is 10.4. The lowest BCUT2D eigenvalue weighted by Gasteiger charge is -1.99. The van der Waals surface area contributed by atoms with Crippen molar-refractivity contribution in [2.24, 2.45) is 0 Å². The van der Waals surface area contributed by atoms with Crippen LogP contribution in [0.3, 0.4) is 0 Å². The maximum absolute atomic E-state index is 11.2. The number of thioether (sulfide) groups is 1. The summed E-state index contributed by atoms with van der Waals surface area (Å²) < 4.78 is 10.3. The molecule has 100 valence electrons. The number of esters is 1. The number of nitrogens with zero attached hydrogens (tertiary/aromatic N) is 1. The Labute approximate surface area is 116 Å². The molecule has 0 bridgehead atoms. The summed E-state index contributed by atoms with van der Waals surface area (Å²) in [4.78, 5) is 15.6. The van der Waals surface area contributed by atoms with E-state index in [1.807, 2.05) is 30.3 Å². The highest BCUT2D eigenvalue weighted by Crippen LogP contribution is 2.20. The second kappa shape index (κ2) is 6.99. The van der Waals surface area contributed by atoms with Gasteiger partial charge < -0.3 is 9.15 Å². The number of ether oxygens (including phenoxy) is 1. The Morgan fingerprint density at radius 1 is 1.37 bits per heavy atom. The third kappa shape index (κ3) is 4.13. The second-order valence-electron chi connectivity index (χ2n) is 3.81. The third-order valence-corrected chi connectivity index (χ3v) is 3.29. The average molecular weight is 277 g/mol. The topological polar surface area (TPSA) is 52.3 Å². The molecule has 0 saturated heterocycles. The van der Waals surface area contributed by atoms with E-state index >= 15 is 0 Å². The molecule has 0 N–H and O–H groups in total. The van der Waals surface area contributed by atoms with Gasteiger partial charge in [0.05, 0.1) is 18.1 Å². The summed E-state index contributed by atoms with van der Waals surface area (Å²) in [5.74, 6) is 1.38. The Hall–Kier alpha value is -1.75. The van der Waals surface area contributed by atoms with Crippen LogP contribution in [0.15, 0.2) is 41.0 Å². The standard InChI is InChI=1S/C14H15NO3S/c1-2-17-13(16)10-19-9-12-8-18-14(15-12)11-6-4-3-5-7-11/h3-8H,2,9-10H2,1H3. The summed E-state index contributed by atoms with van der Waals surface area (Å²) in [7, 11) is 0. The molecule has 0 radical (unpaired) electrons. The minimum absolute atomic E-state index is 0.195. The molecular weight excluding hydrogens is 262 g/mol. The van der Waals surface area contributed by atoms with E-state index in [0.717, 1.165) is 11.3 Å². The number of carbonyl (C=O) groups excluding carboxylic acids is 1. The van der Waals surface area contributed by atoms with Crippen molar-refractivity contribution in [3.63, 3.8) is 0 Å². The molecule has 2 rings (SSSR count). The van der Waals surface area contributed by atoms with Gasteiger partial charge in [-0.05, 0) is 19.1 Å². The van der Waals surface area contributed by atoms with Crippen molar-refractivity contribution in [1.82, 2.24) is 4.98 Å². The zero-order valence-electron chi connectivity index (χ0n) is 10.7. The maximum Gasteiger partial charge on any atom is 0.315 e. The molecule has 1 aromatic carbocycles. The fourth-order valence-electron chi connectivity index (χ4n) is 1.53. The largest absolute Gasteiger partial charge is 0.465 e. The molecular formula is C14H15NO3S. The van der Waals surface area contributed by atoms with Crippen molar-refractivity contribution >= 4 is 17.7 Å². The minimum atomic E-state index is -0.195. The maximum atomic E-state index is 11.2. The number of benzene rings is 1. The van der Waals surface area contributed by atoms with Crippen molar-refractivity contribution in [1.29, 1.82) is 0 Å². The van der Waals surface area contributed by atoms with Crippen LogP contribution >= 0.6 is 11.8 Å². The fourth-order valence-corrected chi connectivity index (χ4v) is 2.22. The van der Waals surface area contributed by atoms with Crippen LogP contribution in [-0.2, 0) is 15.3 Å². The van der Waals surface area contributed by atoms with Crippen LogP contribution in [0.2, 0.25) is 0 Å². The fraction of sp³-hybridized carbons (Fsp3) is 0.286. The molecule has 0 aliphatic heterocycles. The third-order valence-electron chi connectivity index (χ3n) is 2.35. The highest BCUT2D eigenvalue weighted by atomic mass is 32.2. The van der Waals surface area contributed by atoms with Crippen LogP contribution in [0.4, 0.5) is 0 Å². The Morgan fingerprint density at radius 2 is 2.16 bits per heavy atom. The summed E-state index contributed by atoms with van der Waals surface area (Å²) in [6, 6.07) is 9.72. The second-order valence-corrected chi connectivity index (χ2v) is 4.79. The van der Waals surface area contributed by atoms with E-state index in [1.54, 1.807) is 13.2 Å². The van der Waals surface area contributed by atoms with E-state index in [1.165, 1.54) is 11.8 Å². The van der Waals surface area contributed by atoms with Crippen LogP contribution in [0.5, 0.6) is 0 Å². The van der Waals surface area contributed by atoms with Crippen molar-refractivity contribution in [2.75, 3.05) is 12.4 Å². The van der Waals surface area contributed by atoms with Gasteiger partial charge in [-0.2, -0.15) is 0 Å². The lowest BCUT2D eigenvalue weighted by molar-refractivity contribution is -0.139. The van der Waals surface area contributed by atoms with Crippen molar-refractivity contribution in [3.8, 4) is 11.5 Å². The Kier molecular flexibility index (Phi) is 5.03. The first-order chi connectivity index (χ1) is 9.29. The highest BCUT2D eigenvalue weighted by Gasteiger charge is 2.07. The molecule has 0 aliphatic rings. The molecule has 0 aliphatic carbocycles. The van der Waals surface area contributed by atoms with Gasteiger partial charge in [-0.3, -0.25) is 4.79 Å².